The monoisotopic (exact) mass is 241 g/mol. The van der Waals surface area contributed by atoms with E-state index >= 15 is 0 Å². The summed E-state index contributed by atoms with van der Waals surface area (Å²) < 4.78 is 84.3. The molecule has 0 aromatic carbocycles. The van der Waals surface area contributed by atoms with Gasteiger partial charge >= 0.3 is 18.0 Å². The summed E-state index contributed by atoms with van der Waals surface area (Å²) in [5.41, 5.74) is 0. The molecule has 0 saturated heterocycles. The molecule has 92 valence electrons. The molecule has 1 N–H and O–H groups in total. The van der Waals surface area contributed by atoms with E-state index in [2.05, 4.69) is 0 Å². The third-order valence-corrected chi connectivity index (χ3v) is 1.55. The van der Waals surface area contributed by atoms with Crippen molar-refractivity contribution in [3.05, 3.63) is 0 Å². The summed E-state index contributed by atoms with van der Waals surface area (Å²) in [6.07, 6.45) is -6.25. The van der Waals surface area contributed by atoms with Crippen molar-refractivity contribution in [3.8, 4) is 0 Å². The van der Waals surface area contributed by atoms with Gasteiger partial charge in [0.15, 0.2) is 0 Å². The lowest BCUT2D eigenvalue weighted by atomic mass is 10.1. The predicted octanol–water partition coefficient (Wildman–Crippen LogP) is 2.82. The summed E-state index contributed by atoms with van der Waals surface area (Å²) in [7, 11) is 0. The molecule has 0 saturated carbocycles. The van der Waals surface area contributed by atoms with E-state index in [1.165, 1.54) is 13.8 Å². The van der Waals surface area contributed by atoms with Gasteiger partial charge in [-0.15, -0.1) is 0 Å². The fraction of sp³-hybridized carbons (Fsp3) is 1.00. The number of halogens is 7. The molecule has 0 fully saturated rings. The molecule has 0 aromatic heterocycles. The van der Waals surface area contributed by atoms with E-state index in [9.17, 15) is 30.7 Å². The highest BCUT2D eigenvalue weighted by Gasteiger charge is 2.72. The Morgan fingerprint density at radius 2 is 1.33 bits per heavy atom. The first kappa shape index (κ1) is 14.5. The lowest BCUT2D eigenvalue weighted by Gasteiger charge is -2.28. The van der Waals surface area contributed by atoms with Crippen molar-refractivity contribution < 1.29 is 30.7 Å². The van der Waals surface area contributed by atoms with Crippen LogP contribution in [0.1, 0.15) is 13.8 Å². The first-order valence-electron chi connectivity index (χ1n) is 3.97. The Balaban J connectivity index is 4.70. The average molecular weight is 241 g/mol. The van der Waals surface area contributed by atoms with Crippen molar-refractivity contribution in [3.63, 3.8) is 0 Å². The van der Waals surface area contributed by atoms with E-state index < -0.39 is 30.6 Å². The lowest BCUT2D eigenvalue weighted by Crippen LogP contribution is -2.56. The van der Waals surface area contributed by atoms with Crippen LogP contribution in [-0.2, 0) is 0 Å². The lowest BCUT2D eigenvalue weighted by molar-refractivity contribution is -0.352. The second-order valence-corrected chi connectivity index (χ2v) is 3.31. The Hall–Kier alpha value is -0.530. The SMILES string of the molecule is CC(C)NCC(F)(F)C(F)(F)C(F)(F)F. The van der Waals surface area contributed by atoms with Crippen molar-refractivity contribution in [2.75, 3.05) is 6.54 Å². The average Bonchev–Trinajstić information content (AvgIpc) is 1.98. The van der Waals surface area contributed by atoms with E-state index in [1.807, 2.05) is 5.32 Å². The predicted molar refractivity (Wildman–Crippen MR) is 39.1 cm³/mol. The first-order valence-corrected chi connectivity index (χ1v) is 3.97. The third kappa shape index (κ3) is 3.22. The highest BCUT2D eigenvalue weighted by Crippen LogP contribution is 2.46. The van der Waals surface area contributed by atoms with Gasteiger partial charge in [0.05, 0.1) is 6.54 Å². The van der Waals surface area contributed by atoms with Crippen LogP contribution in [0.4, 0.5) is 30.7 Å². The zero-order valence-electron chi connectivity index (χ0n) is 7.93. The maximum Gasteiger partial charge on any atom is 0.459 e. The second kappa shape index (κ2) is 4.15. The quantitative estimate of drug-likeness (QED) is 0.746. The molecule has 15 heavy (non-hydrogen) atoms. The van der Waals surface area contributed by atoms with Crippen LogP contribution in [0.25, 0.3) is 0 Å². The van der Waals surface area contributed by atoms with Gasteiger partial charge in [0, 0.05) is 6.04 Å². The highest BCUT2D eigenvalue weighted by atomic mass is 19.4. The Kier molecular flexibility index (Phi) is 4.00. The fourth-order valence-corrected chi connectivity index (χ4v) is 0.651. The number of rotatable bonds is 4. The number of nitrogens with one attached hydrogen (secondary N) is 1. The Morgan fingerprint density at radius 3 is 1.60 bits per heavy atom. The van der Waals surface area contributed by atoms with Gasteiger partial charge in [-0.25, -0.2) is 0 Å². The summed E-state index contributed by atoms with van der Waals surface area (Å²) in [6, 6.07) is -0.611. The molecule has 0 unspecified atom stereocenters. The van der Waals surface area contributed by atoms with Gasteiger partial charge in [-0.3, -0.25) is 0 Å². The normalized spacial score (nSPS) is 14.8. The van der Waals surface area contributed by atoms with Crippen LogP contribution in [0.15, 0.2) is 0 Å². The summed E-state index contributed by atoms with van der Waals surface area (Å²) in [6.45, 7) is 0.973. The van der Waals surface area contributed by atoms with Crippen molar-refractivity contribution in [2.24, 2.45) is 0 Å². The minimum Gasteiger partial charge on any atom is -0.309 e. The molecule has 8 heteroatoms. The van der Waals surface area contributed by atoms with Crippen LogP contribution in [0.2, 0.25) is 0 Å². The van der Waals surface area contributed by atoms with Gasteiger partial charge < -0.3 is 5.32 Å². The minimum atomic E-state index is -6.25. The summed E-state index contributed by atoms with van der Waals surface area (Å²) in [5, 5.41) is 1.83. The van der Waals surface area contributed by atoms with E-state index in [4.69, 9.17) is 0 Å². The summed E-state index contributed by atoms with van der Waals surface area (Å²) in [4.78, 5) is 0. The Morgan fingerprint density at radius 1 is 0.933 bits per heavy atom. The molecule has 0 atom stereocenters. The topological polar surface area (TPSA) is 12.0 Å². The molecule has 1 nitrogen and oxygen atoms in total. The van der Waals surface area contributed by atoms with Crippen molar-refractivity contribution in [1.82, 2.24) is 5.32 Å². The summed E-state index contributed by atoms with van der Waals surface area (Å²) >= 11 is 0. The van der Waals surface area contributed by atoms with Crippen LogP contribution < -0.4 is 5.32 Å². The van der Waals surface area contributed by atoms with Gasteiger partial charge in [-0.1, -0.05) is 13.8 Å². The Bertz CT molecular complexity index is 208. The van der Waals surface area contributed by atoms with Crippen LogP contribution in [0.5, 0.6) is 0 Å². The summed E-state index contributed by atoms with van der Waals surface area (Å²) in [5.74, 6) is -11.2. The second-order valence-electron chi connectivity index (χ2n) is 3.31. The highest BCUT2D eigenvalue weighted by molar-refractivity contribution is 4.92. The molecule has 0 radical (unpaired) electrons. The molecule has 0 aliphatic heterocycles. The van der Waals surface area contributed by atoms with Crippen molar-refractivity contribution >= 4 is 0 Å². The maximum atomic E-state index is 12.5. The van der Waals surface area contributed by atoms with Crippen LogP contribution in [0, 0.1) is 0 Å². The fourth-order valence-electron chi connectivity index (χ4n) is 0.651. The molecule has 0 aliphatic carbocycles. The zero-order valence-corrected chi connectivity index (χ0v) is 7.93. The standard InChI is InChI=1S/C7H10F7N/c1-4(2)15-3-5(8,9)6(10,11)7(12,13)14/h4,15H,3H2,1-2H3. The molecule has 0 aliphatic rings. The van der Waals surface area contributed by atoms with Gasteiger partial charge in [-0.05, 0) is 0 Å². The van der Waals surface area contributed by atoms with E-state index in [0.29, 0.717) is 0 Å². The molecule has 0 amide bonds. The van der Waals surface area contributed by atoms with E-state index in [1.54, 1.807) is 0 Å². The number of alkyl halides is 7. The Labute approximate surface area is 81.6 Å². The van der Waals surface area contributed by atoms with Crippen molar-refractivity contribution in [2.45, 2.75) is 37.9 Å². The van der Waals surface area contributed by atoms with Crippen LogP contribution >= 0.6 is 0 Å². The largest absolute Gasteiger partial charge is 0.459 e. The van der Waals surface area contributed by atoms with E-state index in [-0.39, 0.29) is 0 Å². The van der Waals surface area contributed by atoms with Gasteiger partial charge in [-0.2, -0.15) is 30.7 Å². The maximum absolute atomic E-state index is 12.5. The van der Waals surface area contributed by atoms with Gasteiger partial charge in [0.25, 0.3) is 0 Å². The first-order chi connectivity index (χ1) is 6.42. The molecular formula is C7H10F7N. The van der Waals surface area contributed by atoms with Crippen LogP contribution in [-0.4, -0.2) is 30.6 Å². The van der Waals surface area contributed by atoms with E-state index in [0.717, 1.165) is 0 Å². The van der Waals surface area contributed by atoms with Crippen LogP contribution in [0.3, 0.4) is 0 Å². The molecule has 0 heterocycles. The molecule has 0 spiro atoms. The number of hydrogen-bond donors (Lipinski definition) is 1. The van der Waals surface area contributed by atoms with Crippen molar-refractivity contribution in [1.29, 1.82) is 0 Å². The molecule has 0 rings (SSSR count). The molecule has 0 bridgehead atoms. The molecule has 0 aromatic rings. The van der Waals surface area contributed by atoms with Gasteiger partial charge in [0.2, 0.25) is 0 Å². The van der Waals surface area contributed by atoms with Gasteiger partial charge in [0.1, 0.15) is 0 Å². The zero-order chi connectivity index (χ0) is 12.5. The smallest absolute Gasteiger partial charge is 0.309 e. The molecular weight excluding hydrogens is 231 g/mol. The third-order valence-electron chi connectivity index (χ3n) is 1.55. The number of hydrogen-bond acceptors (Lipinski definition) is 1. The minimum absolute atomic E-state index is 0.611.